The summed E-state index contributed by atoms with van der Waals surface area (Å²) in [4.78, 5) is 0. The third-order valence-corrected chi connectivity index (χ3v) is 2.67. The topological polar surface area (TPSA) is 30.1 Å². The zero-order valence-electron chi connectivity index (χ0n) is 9.86. The quantitative estimate of drug-likeness (QED) is 0.836. The predicted molar refractivity (Wildman–Crippen MR) is 64.1 cm³/mol. The molecule has 1 N–H and O–H groups in total. The highest BCUT2D eigenvalue weighted by Crippen LogP contribution is 2.06. The summed E-state index contributed by atoms with van der Waals surface area (Å²) in [5, 5.41) is 3.38. The van der Waals surface area contributed by atoms with Crippen molar-refractivity contribution in [2.45, 2.75) is 33.5 Å². The Morgan fingerprint density at radius 2 is 2.12 bits per heavy atom. The SMILES string of the molecule is CCn1cccc1CNCc1ccc(C)o1. The lowest BCUT2D eigenvalue weighted by molar-refractivity contribution is 0.459. The van der Waals surface area contributed by atoms with E-state index in [1.165, 1.54) is 5.69 Å². The van der Waals surface area contributed by atoms with E-state index in [1.807, 2.05) is 19.1 Å². The zero-order chi connectivity index (χ0) is 11.4. The van der Waals surface area contributed by atoms with E-state index < -0.39 is 0 Å². The Morgan fingerprint density at radius 1 is 1.25 bits per heavy atom. The molecule has 0 spiro atoms. The summed E-state index contributed by atoms with van der Waals surface area (Å²) in [7, 11) is 0. The van der Waals surface area contributed by atoms with Crippen molar-refractivity contribution in [3.05, 3.63) is 47.7 Å². The molecule has 0 amide bonds. The smallest absolute Gasteiger partial charge is 0.117 e. The molecule has 0 saturated heterocycles. The van der Waals surface area contributed by atoms with Gasteiger partial charge in [0, 0.05) is 25.0 Å². The fourth-order valence-electron chi connectivity index (χ4n) is 1.81. The van der Waals surface area contributed by atoms with Crippen LogP contribution in [0.5, 0.6) is 0 Å². The predicted octanol–water partition coefficient (Wildman–Crippen LogP) is 2.70. The summed E-state index contributed by atoms with van der Waals surface area (Å²) in [6.07, 6.45) is 2.11. The van der Waals surface area contributed by atoms with Crippen LogP contribution in [0.1, 0.15) is 24.1 Å². The molecular formula is C13H18N2O. The van der Waals surface area contributed by atoms with Crippen LogP contribution >= 0.6 is 0 Å². The second-order valence-corrected chi connectivity index (χ2v) is 3.90. The van der Waals surface area contributed by atoms with Crippen LogP contribution in [0.15, 0.2) is 34.9 Å². The summed E-state index contributed by atoms with van der Waals surface area (Å²) < 4.78 is 7.73. The highest BCUT2D eigenvalue weighted by molar-refractivity contribution is 5.08. The van der Waals surface area contributed by atoms with Crippen molar-refractivity contribution in [2.24, 2.45) is 0 Å². The molecule has 86 valence electrons. The highest BCUT2D eigenvalue weighted by atomic mass is 16.3. The average Bonchev–Trinajstić information content (AvgIpc) is 2.87. The van der Waals surface area contributed by atoms with Crippen molar-refractivity contribution in [3.63, 3.8) is 0 Å². The minimum atomic E-state index is 0.780. The van der Waals surface area contributed by atoms with Gasteiger partial charge in [0.25, 0.3) is 0 Å². The lowest BCUT2D eigenvalue weighted by atomic mass is 10.4. The molecule has 0 aromatic carbocycles. The monoisotopic (exact) mass is 218 g/mol. The molecule has 3 nitrogen and oxygen atoms in total. The molecule has 0 aliphatic heterocycles. The van der Waals surface area contributed by atoms with E-state index in [1.54, 1.807) is 0 Å². The minimum absolute atomic E-state index is 0.780. The molecule has 0 aliphatic rings. The number of aromatic nitrogens is 1. The van der Waals surface area contributed by atoms with Crippen molar-refractivity contribution in [1.82, 2.24) is 9.88 Å². The molecule has 2 aromatic rings. The van der Waals surface area contributed by atoms with Crippen molar-refractivity contribution in [3.8, 4) is 0 Å². The van der Waals surface area contributed by atoms with Gasteiger partial charge in [-0.15, -0.1) is 0 Å². The summed E-state index contributed by atoms with van der Waals surface area (Å²) in [5.74, 6) is 1.96. The first-order valence-electron chi connectivity index (χ1n) is 5.69. The van der Waals surface area contributed by atoms with Crippen LogP contribution in [-0.4, -0.2) is 4.57 Å². The number of aryl methyl sites for hydroxylation is 2. The third kappa shape index (κ3) is 2.55. The van der Waals surface area contributed by atoms with Crippen molar-refractivity contribution in [1.29, 1.82) is 0 Å². The van der Waals surface area contributed by atoms with Gasteiger partial charge in [0.05, 0.1) is 6.54 Å². The Hall–Kier alpha value is -1.48. The molecule has 0 bridgehead atoms. The van der Waals surface area contributed by atoms with Crippen LogP contribution in [0.4, 0.5) is 0 Å². The molecule has 3 heteroatoms. The van der Waals surface area contributed by atoms with Crippen LogP contribution in [0.3, 0.4) is 0 Å². The Labute approximate surface area is 96.1 Å². The first kappa shape index (κ1) is 11.0. The first-order chi connectivity index (χ1) is 7.79. The van der Waals surface area contributed by atoms with Gasteiger partial charge in [-0.3, -0.25) is 0 Å². The van der Waals surface area contributed by atoms with Crippen molar-refractivity contribution in [2.75, 3.05) is 0 Å². The van der Waals surface area contributed by atoms with E-state index in [-0.39, 0.29) is 0 Å². The Morgan fingerprint density at radius 3 is 2.81 bits per heavy atom. The number of rotatable bonds is 5. The molecule has 2 aromatic heterocycles. The van der Waals surface area contributed by atoms with Crippen LogP contribution in [0.25, 0.3) is 0 Å². The maximum Gasteiger partial charge on any atom is 0.117 e. The van der Waals surface area contributed by atoms with Crippen LogP contribution in [0.2, 0.25) is 0 Å². The van der Waals surface area contributed by atoms with Gasteiger partial charge in [-0.2, -0.15) is 0 Å². The van der Waals surface area contributed by atoms with E-state index in [2.05, 4.69) is 35.1 Å². The number of hydrogen-bond donors (Lipinski definition) is 1. The Kier molecular flexibility index (Phi) is 3.47. The maximum atomic E-state index is 5.49. The molecule has 2 rings (SSSR count). The van der Waals surface area contributed by atoms with Gasteiger partial charge >= 0.3 is 0 Å². The van der Waals surface area contributed by atoms with Gasteiger partial charge < -0.3 is 14.3 Å². The van der Waals surface area contributed by atoms with Gasteiger partial charge in [0.15, 0.2) is 0 Å². The average molecular weight is 218 g/mol. The molecule has 16 heavy (non-hydrogen) atoms. The van der Waals surface area contributed by atoms with Crippen molar-refractivity contribution >= 4 is 0 Å². The summed E-state index contributed by atoms with van der Waals surface area (Å²) in [6.45, 7) is 6.79. The Balaban J connectivity index is 1.84. The number of hydrogen-bond acceptors (Lipinski definition) is 2. The van der Waals surface area contributed by atoms with Crippen LogP contribution < -0.4 is 5.32 Å². The normalized spacial score (nSPS) is 10.9. The second kappa shape index (κ2) is 5.03. The third-order valence-electron chi connectivity index (χ3n) is 2.67. The summed E-state index contributed by atoms with van der Waals surface area (Å²) >= 11 is 0. The van der Waals surface area contributed by atoms with Gasteiger partial charge in [-0.1, -0.05) is 0 Å². The lowest BCUT2D eigenvalue weighted by Gasteiger charge is -2.06. The van der Waals surface area contributed by atoms with Crippen molar-refractivity contribution < 1.29 is 4.42 Å². The van der Waals surface area contributed by atoms with Gasteiger partial charge in [-0.05, 0) is 38.1 Å². The molecule has 0 atom stereocenters. The van der Waals surface area contributed by atoms with Gasteiger partial charge in [-0.25, -0.2) is 0 Å². The van der Waals surface area contributed by atoms with Crippen LogP contribution in [0, 0.1) is 6.92 Å². The lowest BCUT2D eigenvalue weighted by Crippen LogP contribution is -2.15. The maximum absolute atomic E-state index is 5.49. The summed E-state index contributed by atoms with van der Waals surface area (Å²) in [5.41, 5.74) is 1.31. The fraction of sp³-hybridized carbons (Fsp3) is 0.385. The minimum Gasteiger partial charge on any atom is -0.465 e. The molecule has 0 fully saturated rings. The van der Waals surface area contributed by atoms with E-state index in [0.717, 1.165) is 31.2 Å². The second-order valence-electron chi connectivity index (χ2n) is 3.90. The van der Waals surface area contributed by atoms with E-state index in [9.17, 15) is 0 Å². The number of nitrogens with one attached hydrogen (secondary N) is 1. The number of nitrogens with zero attached hydrogens (tertiary/aromatic N) is 1. The zero-order valence-corrected chi connectivity index (χ0v) is 9.86. The van der Waals surface area contributed by atoms with Gasteiger partial charge in [0.2, 0.25) is 0 Å². The molecule has 0 radical (unpaired) electrons. The Bertz CT molecular complexity index is 442. The van der Waals surface area contributed by atoms with Crippen LogP contribution in [-0.2, 0) is 19.6 Å². The molecule has 0 unspecified atom stereocenters. The summed E-state index contributed by atoms with van der Waals surface area (Å²) in [6, 6.07) is 8.23. The van der Waals surface area contributed by atoms with E-state index >= 15 is 0 Å². The molecule has 0 saturated carbocycles. The van der Waals surface area contributed by atoms with E-state index in [0.29, 0.717) is 0 Å². The molecule has 0 aliphatic carbocycles. The standard InChI is InChI=1S/C13H18N2O/c1-3-15-8-4-5-12(15)9-14-10-13-7-6-11(2)16-13/h4-8,14H,3,9-10H2,1-2H3. The molecular weight excluding hydrogens is 200 g/mol. The van der Waals surface area contributed by atoms with E-state index in [4.69, 9.17) is 4.42 Å². The fourth-order valence-corrected chi connectivity index (χ4v) is 1.81. The first-order valence-corrected chi connectivity index (χ1v) is 5.69. The van der Waals surface area contributed by atoms with Gasteiger partial charge in [0.1, 0.15) is 11.5 Å². The number of furan rings is 1. The largest absolute Gasteiger partial charge is 0.465 e. The molecule has 2 heterocycles. The highest BCUT2D eigenvalue weighted by Gasteiger charge is 2.00.